The normalized spacial score (nSPS) is 10.0. The Bertz CT molecular complexity index is 696. The van der Waals surface area contributed by atoms with Crippen LogP contribution in [-0.4, -0.2) is 21.1 Å². The Balaban J connectivity index is 2.41. The number of nitriles is 1. The van der Waals surface area contributed by atoms with E-state index < -0.39 is 0 Å². The van der Waals surface area contributed by atoms with Crippen molar-refractivity contribution in [1.82, 2.24) is 14.8 Å². The fourth-order valence-electron chi connectivity index (χ4n) is 1.32. The van der Waals surface area contributed by atoms with E-state index >= 15 is 0 Å². The Morgan fingerprint density at radius 1 is 1.56 bits per heavy atom. The van der Waals surface area contributed by atoms with Crippen molar-refractivity contribution in [3.05, 3.63) is 39.8 Å². The predicted octanol–water partition coefficient (Wildman–Crippen LogP) is 0.944. The van der Waals surface area contributed by atoms with Crippen LogP contribution in [0.2, 0.25) is 0 Å². The van der Waals surface area contributed by atoms with Crippen LogP contribution in [0, 0.1) is 11.3 Å². The molecule has 0 aliphatic rings. The van der Waals surface area contributed by atoms with Crippen LogP contribution < -0.4 is 5.69 Å². The van der Waals surface area contributed by atoms with E-state index in [1.54, 1.807) is 19.2 Å². The molecule has 6 nitrogen and oxygen atoms in total. The third-order valence-corrected chi connectivity index (χ3v) is 3.42. The first kappa shape index (κ1) is 12.1. The van der Waals surface area contributed by atoms with Gasteiger partial charge in [-0.1, -0.05) is 6.07 Å². The highest BCUT2D eigenvalue weighted by Gasteiger charge is 2.10. The maximum atomic E-state index is 11.2. The van der Waals surface area contributed by atoms with Crippen molar-refractivity contribution >= 4 is 18.0 Å². The number of rotatable bonds is 3. The smallest absolute Gasteiger partial charge is 0.298 e. The van der Waals surface area contributed by atoms with Gasteiger partial charge in [0.15, 0.2) is 5.16 Å². The monoisotopic (exact) mass is 260 g/mol. The van der Waals surface area contributed by atoms with Gasteiger partial charge >= 0.3 is 5.69 Å². The Hall–Kier alpha value is -2.33. The van der Waals surface area contributed by atoms with Crippen LogP contribution in [0.4, 0.5) is 0 Å². The molecule has 0 aliphatic carbocycles. The maximum Gasteiger partial charge on any atom is 0.343 e. The number of carbonyl (C=O) groups excluding carboxylic acids is 1. The molecule has 0 fully saturated rings. The van der Waals surface area contributed by atoms with E-state index in [0.29, 0.717) is 27.5 Å². The van der Waals surface area contributed by atoms with Crippen LogP contribution in [0.3, 0.4) is 0 Å². The quantitative estimate of drug-likeness (QED) is 0.829. The molecule has 7 heteroatoms. The van der Waals surface area contributed by atoms with Gasteiger partial charge in [-0.2, -0.15) is 5.26 Å². The number of benzene rings is 1. The number of hydrogen-bond donors (Lipinski definition) is 1. The van der Waals surface area contributed by atoms with Gasteiger partial charge in [-0.15, -0.1) is 5.10 Å². The van der Waals surface area contributed by atoms with E-state index in [0.717, 1.165) is 0 Å². The lowest BCUT2D eigenvalue weighted by Crippen LogP contribution is -2.12. The summed E-state index contributed by atoms with van der Waals surface area (Å²) in [7, 11) is 1.58. The van der Waals surface area contributed by atoms with Crippen LogP contribution in [0.15, 0.2) is 33.0 Å². The molecule has 0 spiro atoms. The van der Waals surface area contributed by atoms with Crippen molar-refractivity contribution in [2.45, 2.75) is 10.1 Å². The van der Waals surface area contributed by atoms with E-state index in [1.807, 2.05) is 6.07 Å². The number of aromatic nitrogens is 3. The van der Waals surface area contributed by atoms with Crippen molar-refractivity contribution in [3.63, 3.8) is 0 Å². The summed E-state index contributed by atoms with van der Waals surface area (Å²) >= 11 is 1.19. The molecule has 0 bridgehead atoms. The molecule has 18 heavy (non-hydrogen) atoms. The summed E-state index contributed by atoms with van der Waals surface area (Å²) in [6.45, 7) is 0. The van der Waals surface area contributed by atoms with Gasteiger partial charge in [0.1, 0.15) is 12.4 Å². The topological polar surface area (TPSA) is 91.5 Å². The first-order chi connectivity index (χ1) is 8.65. The molecule has 0 saturated carbocycles. The number of aromatic amines is 1. The van der Waals surface area contributed by atoms with Gasteiger partial charge in [0, 0.05) is 17.5 Å². The Morgan fingerprint density at radius 3 is 2.89 bits per heavy atom. The predicted molar refractivity (Wildman–Crippen MR) is 64.5 cm³/mol. The van der Waals surface area contributed by atoms with Gasteiger partial charge < -0.3 is 0 Å². The van der Waals surface area contributed by atoms with Crippen molar-refractivity contribution in [3.8, 4) is 6.07 Å². The highest BCUT2D eigenvalue weighted by molar-refractivity contribution is 7.99. The molecule has 0 saturated heterocycles. The van der Waals surface area contributed by atoms with Crippen molar-refractivity contribution in [1.29, 1.82) is 5.26 Å². The minimum Gasteiger partial charge on any atom is -0.298 e. The van der Waals surface area contributed by atoms with E-state index in [9.17, 15) is 9.59 Å². The van der Waals surface area contributed by atoms with Crippen LogP contribution >= 0.6 is 11.8 Å². The Morgan fingerprint density at radius 2 is 2.33 bits per heavy atom. The van der Waals surface area contributed by atoms with E-state index in [2.05, 4.69) is 10.2 Å². The second-order valence-electron chi connectivity index (χ2n) is 3.46. The molecule has 0 radical (unpaired) electrons. The fraction of sp³-hybridized carbons (Fsp3) is 0.0909. The summed E-state index contributed by atoms with van der Waals surface area (Å²) in [5, 5.41) is 15.6. The van der Waals surface area contributed by atoms with Crippen LogP contribution in [0.25, 0.3) is 0 Å². The average molecular weight is 260 g/mol. The number of H-pyrrole nitrogens is 1. The SMILES string of the molecule is Cn1c(Sc2ccc(C=O)cc2C#N)n[nH]c1=O. The lowest BCUT2D eigenvalue weighted by molar-refractivity contribution is 0.112. The molecule has 1 heterocycles. The molecule has 2 aromatic rings. The molecule has 0 aliphatic heterocycles. The summed E-state index contributed by atoms with van der Waals surface area (Å²) in [4.78, 5) is 22.5. The molecule has 1 aromatic carbocycles. The van der Waals surface area contributed by atoms with Gasteiger partial charge in [0.05, 0.1) is 5.56 Å². The van der Waals surface area contributed by atoms with Crippen molar-refractivity contribution in [2.75, 3.05) is 0 Å². The zero-order chi connectivity index (χ0) is 13.1. The molecular formula is C11H8N4O2S. The second-order valence-corrected chi connectivity index (χ2v) is 4.47. The number of nitrogens with one attached hydrogen (secondary N) is 1. The molecule has 0 unspecified atom stereocenters. The number of nitrogens with zero attached hydrogens (tertiary/aromatic N) is 3. The van der Waals surface area contributed by atoms with E-state index in [-0.39, 0.29) is 5.69 Å². The Kier molecular flexibility index (Phi) is 3.30. The van der Waals surface area contributed by atoms with Gasteiger partial charge in [-0.3, -0.25) is 9.36 Å². The van der Waals surface area contributed by atoms with Crippen LogP contribution in [-0.2, 0) is 7.05 Å². The summed E-state index contributed by atoms with van der Waals surface area (Å²) in [5.41, 5.74) is 0.493. The average Bonchev–Trinajstić information content (AvgIpc) is 2.71. The van der Waals surface area contributed by atoms with Crippen LogP contribution in [0.5, 0.6) is 0 Å². The number of aldehydes is 1. The largest absolute Gasteiger partial charge is 0.343 e. The molecule has 1 aromatic heterocycles. The number of carbonyl (C=O) groups is 1. The molecule has 0 atom stereocenters. The zero-order valence-electron chi connectivity index (χ0n) is 9.38. The number of hydrogen-bond acceptors (Lipinski definition) is 5. The fourth-order valence-corrected chi connectivity index (χ4v) is 2.18. The summed E-state index contributed by atoms with van der Waals surface area (Å²) < 4.78 is 1.35. The van der Waals surface area contributed by atoms with Gasteiger partial charge in [-0.25, -0.2) is 9.89 Å². The highest BCUT2D eigenvalue weighted by atomic mass is 32.2. The first-order valence-corrected chi connectivity index (χ1v) is 5.76. The third-order valence-electron chi connectivity index (χ3n) is 2.30. The maximum absolute atomic E-state index is 11.2. The summed E-state index contributed by atoms with van der Waals surface area (Å²) in [6.07, 6.45) is 0.680. The molecule has 90 valence electrons. The minimum atomic E-state index is -0.319. The van der Waals surface area contributed by atoms with E-state index in [4.69, 9.17) is 5.26 Å². The van der Waals surface area contributed by atoms with Gasteiger partial charge in [0.25, 0.3) is 0 Å². The molecule has 1 N–H and O–H groups in total. The minimum absolute atomic E-state index is 0.319. The van der Waals surface area contributed by atoms with Crippen molar-refractivity contribution in [2.24, 2.45) is 7.05 Å². The zero-order valence-corrected chi connectivity index (χ0v) is 10.2. The van der Waals surface area contributed by atoms with Gasteiger partial charge in [0.2, 0.25) is 0 Å². The van der Waals surface area contributed by atoms with Gasteiger partial charge in [-0.05, 0) is 23.9 Å². The van der Waals surface area contributed by atoms with Crippen LogP contribution in [0.1, 0.15) is 15.9 Å². The van der Waals surface area contributed by atoms with E-state index in [1.165, 1.54) is 22.4 Å². The molecule has 0 amide bonds. The lowest BCUT2D eigenvalue weighted by atomic mass is 10.1. The third kappa shape index (κ3) is 2.19. The highest BCUT2D eigenvalue weighted by Crippen LogP contribution is 2.28. The summed E-state index contributed by atoms with van der Waals surface area (Å²) in [5.74, 6) is 0. The van der Waals surface area contributed by atoms with Crippen molar-refractivity contribution < 1.29 is 4.79 Å². The standard InChI is InChI=1S/C11H8N4O2S/c1-15-10(17)13-14-11(15)18-9-3-2-7(6-16)4-8(9)5-12/h2-4,6H,1H3,(H,13,17). The first-order valence-electron chi connectivity index (χ1n) is 4.94. The second kappa shape index (κ2) is 4.89. The Labute approximate surface area is 106 Å². The lowest BCUT2D eigenvalue weighted by Gasteiger charge is -2.03. The molecular weight excluding hydrogens is 252 g/mol. The molecule has 2 rings (SSSR count). The summed E-state index contributed by atoms with van der Waals surface area (Å²) in [6, 6.07) is 6.78.